The van der Waals surface area contributed by atoms with Crippen LogP contribution in [0.1, 0.15) is 12.8 Å². The predicted octanol–water partition coefficient (Wildman–Crippen LogP) is 1.01. The van der Waals surface area contributed by atoms with E-state index in [0.717, 1.165) is 19.4 Å². The van der Waals surface area contributed by atoms with E-state index in [0.29, 0.717) is 0 Å². The highest BCUT2D eigenvalue weighted by molar-refractivity contribution is 5.28. The van der Waals surface area contributed by atoms with Gasteiger partial charge < -0.3 is 10.1 Å². The Morgan fingerprint density at radius 2 is 2.45 bits per heavy atom. The van der Waals surface area contributed by atoms with Gasteiger partial charge in [0.05, 0.1) is 0 Å². The van der Waals surface area contributed by atoms with Gasteiger partial charge in [-0.15, -0.1) is 0 Å². The SMILES string of the molecule is COC1(C2=C[C]=CCN2)CC1. The van der Waals surface area contributed by atoms with Crippen molar-refractivity contribution >= 4 is 0 Å². The van der Waals surface area contributed by atoms with Gasteiger partial charge in [0.2, 0.25) is 0 Å². The summed E-state index contributed by atoms with van der Waals surface area (Å²) in [5.74, 6) is 0. The Balaban J connectivity index is 2.14. The van der Waals surface area contributed by atoms with Gasteiger partial charge in [-0.25, -0.2) is 0 Å². The van der Waals surface area contributed by atoms with E-state index in [1.807, 2.05) is 12.2 Å². The number of nitrogens with one attached hydrogen (secondary N) is 1. The lowest BCUT2D eigenvalue weighted by atomic mass is 10.2. The molecular formula is C9H12NO. The van der Waals surface area contributed by atoms with E-state index in [9.17, 15) is 0 Å². The number of ether oxygens (including phenoxy) is 1. The zero-order chi connectivity index (χ0) is 7.73. The van der Waals surface area contributed by atoms with Crippen LogP contribution in [0, 0.1) is 6.08 Å². The summed E-state index contributed by atoms with van der Waals surface area (Å²) in [6, 6.07) is 0. The molecule has 0 aromatic heterocycles. The van der Waals surface area contributed by atoms with Crippen molar-refractivity contribution < 1.29 is 4.74 Å². The lowest BCUT2D eigenvalue weighted by molar-refractivity contribution is 0.105. The minimum absolute atomic E-state index is 0.0290. The van der Waals surface area contributed by atoms with E-state index >= 15 is 0 Å². The van der Waals surface area contributed by atoms with Crippen molar-refractivity contribution in [2.24, 2.45) is 0 Å². The third-order valence-corrected chi connectivity index (χ3v) is 2.33. The molecule has 2 aliphatic rings. The first-order chi connectivity index (χ1) is 5.37. The van der Waals surface area contributed by atoms with Crippen LogP contribution in [0.5, 0.6) is 0 Å². The van der Waals surface area contributed by atoms with Crippen molar-refractivity contribution in [3.8, 4) is 0 Å². The smallest absolute Gasteiger partial charge is 0.107 e. The van der Waals surface area contributed by atoms with Gasteiger partial charge in [-0.05, 0) is 25.0 Å². The largest absolute Gasteiger partial charge is 0.382 e. The first-order valence-electron chi connectivity index (χ1n) is 3.95. The highest BCUT2D eigenvalue weighted by Crippen LogP contribution is 2.44. The molecule has 2 nitrogen and oxygen atoms in total. The number of hydrogen-bond acceptors (Lipinski definition) is 2. The quantitative estimate of drug-likeness (QED) is 0.634. The second-order valence-electron chi connectivity index (χ2n) is 3.01. The molecule has 0 saturated heterocycles. The number of allylic oxidation sites excluding steroid dienone is 2. The molecule has 1 N–H and O–H groups in total. The fraction of sp³-hybridized carbons (Fsp3) is 0.556. The molecule has 0 bridgehead atoms. The number of methoxy groups -OCH3 is 1. The Labute approximate surface area is 66.9 Å². The van der Waals surface area contributed by atoms with Crippen LogP contribution in [0.3, 0.4) is 0 Å². The number of hydrogen-bond donors (Lipinski definition) is 1. The third-order valence-electron chi connectivity index (χ3n) is 2.33. The highest BCUT2D eigenvalue weighted by Gasteiger charge is 2.46. The van der Waals surface area contributed by atoms with Gasteiger partial charge in [-0.2, -0.15) is 0 Å². The number of rotatable bonds is 2. The summed E-state index contributed by atoms with van der Waals surface area (Å²) in [6.45, 7) is 0.886. The third kappa shape index (κ3) is 1.07. The maximum Gasteiger partial charge on any atom is 0.107 e. The van der Waals surface area contributed by atoms with Gasteiger partial charge in [0.25, 0.3) is 0 Å². The minimum atomic E-state index is 0.0290. The molecule has 1 radical (unpaired) electrons. The van der Waals surface area contributed by atoms with Crippen molar-refractivity contribution in [3.05, 3.63) is 23.9 Å². The molecule has 0 aromatic rings. The van der Waals surface area contributed by atoms with E-state index in [1.165, 1.54) is 5.70 Å². The van der Waals surface area contributed by atoms with Gasteiger partial charge in [0.15, 0.2) is 0 Å². The second kappa shape index (κ2) is 2.38. The average molecular weight is 150 g/mol. The van der Waals surface area contributed by atoms with Crippen molar-refractivity contribution in [3.63, 3.8) is 0 Å². The molecule has 2 rings (SSSR count). The first kappa shape index (κ1) is 6.92. The van der Waals surface area contributed by atoms with Crippen LogP contribution < -0.4 is 5.32 Å². The lowest BCUT2D eigenvalue weighted by Crippen LogP contribution is -2.28. The lowest BCUT2D eigenvalue weighted by Gasteiger charge is -2.20. The van der Waals surface area contributed by atoms with Crippen LogP contribution in [0.4, 0.5) is 0 Å². The van der Waals surface area contributed by atoms with Crippen molar-refractivity contribution in [1.29, 1.82) is 0 Å². The zero-order valence-corrected chi connectivity index (χ0v) is 6.68. The van der Waals surface area contributed by atoms with Crippen LogP contribution in [-0.4, -0.2) is 19.3 Å². The summed E-state index contributed by atoms with van der Waals surface area (Å²) in [7, 11) is 1.77. The Morgan fingerprint density at radius 1 is 1.64 bits per heavy atom. The summed E-state index contributed by atoms with van der Waals surface area (Å²) in [6.07, 6.45) is 9.34. The monoisotopic (exact) mass is 150 g/mol. The predicted molar refractivity (Wildman–Crippen MR) is 42.9 cm³/mol. The molecule has 11 heavy (non-hydrogen) atoms. The van der Waals surface area contributed by atoms with Crippen LogP contribution in [0.2, 0.25) is 0 Å². The molecule has 2 heteroatoms. The topological polar surface area (TPSA) is 21.3 Å². The maximum atomic E-state index is 5.40. The van der Waals surface area contributed by atoms with Gasteiger partial charge >= 0.3 is 0 Å². The van der Waals surface area contributed by atoms with Crippen LogP contribution >= 0.6 is 0 Å². The molecule has 1 aliphatic carbocycles. The van der Waals surface area contributed by atoms with E-state index in [2.05, 4.69) is 11.4 Å². The Hall–Kier alpha value is -0.760. The minimum Gasteiger partial charge on any atom is -0.382 e. The molecule has 0 spiro atoms. The van der Waals surface area contributed by atoms with Gasteiger partial charge in [-0.1, -0.05) is 6.08 Å². The molecule has 0 atom stereocenters. The van der Waals surface area contributed by atoms with E-state index in [-0.39, 0.29) is 5.60 Å². The Bertz CT molecular complexity index is 214. The average Bonchev–Trinajstić information content (AvgIpc) is 2.86. The summed E-state index contributed by atoms with van der Waals surface area (Å²) >= 11 is 0. The summed E-state index contributed by atoms with van der Waals surface area (Å²) in [5, 5.41) is 3.29. The van der Waals surface area contributed by atoms with Crippen molar-refractivity contribution in [1.82, 2.24) is 5.32 Å². The van der Waals surface area contributed by atoms with Gasteiger partial charge in [0.1, 0.15) is 5.60 Å². The fourth-order valence-electron chi connectivity index (χ4n) is 1.40. The summed E-state index contributed by atoms with van der Waals surface area (Å²) < 4.78 is 5.40. The molecule has 1 heterocycles. The maximum absolute atomic E-state index is 5.40. The molecule has 0 amide bonds. The molecule has 1 fully saturated rings. The van der Waals surface area contributed by atoms with E-state index in [1.54, 1.807) is 7.11 Å². The second-order valence-corrected chi connectivity index (χ2v) is 3.01. The normalized spacial score (nSPS) is 25.7. The molecular weight excluding hydrogens is 138 g/mol. The molecule has 0 aromatic carbocycles. The molecule has 0 unspecified atom stereocenters. The zero-order valence-electron chi connectivity index (χ0n) is 6.68. The molecule has 1 saturated carbocycles. The Kier molecular flexibility index (Phi) is 1.50. The van der Waals surface area contributed by atoms with E-state index in [4.69, 9.17) is 4.74 Å². The fourth-order valence-corrected chi connectivity index (χ4v) is 1.40. The van der Waals surface area contributed by atoms with Crippen LogP contribution in [0.15, 0.2) is 17.8 Å². The van der Waals surface area contributed by atoms with Crippen LogP contribution in [-0.2, 0) is 4.74 Å². The molecule has 59 valence electrons. The van der Waals surface area contributed by atoms with Crippen molar-refractivity contribution in [2.45, 2.75) is 18.4 Å². The van der Waals surface area contributed by atoms with Crippen LogP contribution in [0.25, 0.3) is 0 Å². The summed E-state index contributed by atoms with van der Waals surface area (Å²) in [4.78, 5) is 0. The standard InChI is InChI=1S/C9H12NO/c1-11-9(5-6-9)8-4-2-3-7-10-8/h3-4,10H,5-7H2,1H3. The number of dihydropyridines is 1. The van der Waals surface area contributed by atoms with Gasteiger partial charge in [-0.3, -0.25) is 0 Å². The van der Waals surface area contributed by atoms with Crippen molar-refractivity contribution in [2.75, 3.05) is 13.7 Å². The highest BCUT2D eigenvalue weighted by atomic mass is 16.5. The van der Waals surface area contributed by atoms with E-state index < -0.39 is 0 Å². The summed E-state index contributed by atoms with van der Waals surface area (Å²) in [5.41, 5.74) is 1.23. The van der Waals surface area contributed by atoms with Gasteiger partial charge in [0, 0.05) is 19.4 Å². The first-order valence-corrected chi connectivity index (χ1v) is 3.95. The Morgan fingerprint density at radius 3 is 2.91 bits per heavy atom. The molecule has 1 aliphatic heterocycles.